The second-order valence-electron chi connectivity index (χ2n) is 4.47. The average molecular weight is 307 g/mol. The molecule has 0 radical (unpaired) electrons. The Morgan fingerprint density at radius 3 is 2.81 bits per heavy atom. The molecule has 0 spiro atoms. The lowest BCUT2D eigenvalue weighted by Gasteiger charge is -2.11. The molecule has 6 heteroatoms. The van der Waals surface area contributed by atoms with Crippen LogP contribution in [-0.4, -0.2) is 17.6 Å². The van der Waals surface area contributed by atoms with Crippen LogP contribution in [0.25, 0.3) is 0 Å². The summed E-state index contributed by atoms with van der Waals surface area (Å²) in [5, 5.41) is 19.5. The Morgan fingerprint density at radius 1 is 1.29 bits per heavy atom. The number of thiophene rings is 1. The maximum atomic E-state index is 13.3. The Kier molecular flexibility index (Phi) is 5.57. The van der Waals surface area contributed by atoms with Crippen LogP contribution in [-0.2, 0) is 13.1 Å². The summed E-state index contributed by atoms with van der Waals surface area (Å²) in [5.74, 6) is -0.275. The highest BCUT2D eigenvalue weighted by Gasteiger charge is 2.03. The highest BCUT2D eigenvalue weighted by molar-refractivity contribution is 7.07. The molecule has 1 aromatic heterocycles. The van der Waals surface area contributed by atoms with Gasteiger partial charge in [-0.2, -0.15) is 11.3 Å². The van der Waals surface area contributed by atoms with E-state index in [1.54, 1.807) is 17.4 Å². The quantitative estimate of drug-likeness (QED) is 0.588. The van der Waals surface area contributed by atoms with Gasteiger partial charge in [0.1, 0.15) is 0 Å². The molecular formula is C15H18FN3OS. The third-order valence-corrected chi connectivity index (χ3v) is 3.55. The van der Waals surface area contributed by atoms with Crippen LogP contribution in [0.5, 0.6) is 5.75 Å². The standard InChI is InChI=1S/C15H18FN3OS/c1-2-17-15(19-9-12-5-6-21-10-12)18-8-11-3-4-14(20)13(16)7-11/h3-7,10,20H,2,8-9H2,1H3,(H2,17,18,19). The normalized spacial score (nSPS) is 11.4. The lowest BCUT2D eigenvalue weighted by molar-refractivity contribution is 0.431. The van der Waals surface area contributed by atoms with Crippen molar-refractivity contribution in [1.29, 1.82) is 0 Å². The topological polar surface area (TPSA) is 56.7 Å². The molecule has 1 heterocycles. The molecule has 0 unspecified atom stereocenters. The third-order valence-electron chi connectivity index (χ3n) is 2.82. The summed E-state index contributed by atoms with van der Waals surface area (Å²) >= 11 is 1.64. The molecule has 0 saturated heterocycles. The Bertz CT molecular complexity index is 599. The molecule has 1 aromatic carbocycles. The molecular weight excluding hydrogens is 289 g/mol. The van der Waals surface area contributed by atoms with Gasteiger partial charge in [0.2, 0.25) is 0 Å². The van der Waals surface area contributed by atoms with E-state index in [1.807, 2.05) is 18.4 Å². The number of hydrogen-bond donors (Lipinski definition) is 3. The van der Waals surface area contributed by atoms with Crippen LogP contribution < -0.4 is 10.6 Å². The van der Waals surface area contributed by atoms with Gasteiger partial charge in [0.25, 0.3) is 0 Å². The fraction of sp³-hybridized carbons (Fsp3) is 0.267. The summed E-state index contributed by atoms with van der Waals surface area (Å²) in [6, 6.07) is 6.37. The number of guanidine groups is 1. The van der Waals surface area contributed by atoms with Gasteiger partial charge in [-0.3, -0.25) is 0 Å². The number of benzene rings is 1. The van der Waals surface area contributed by atoms with Crippen molar-refractivity contribution in [2.24, 2.45) is 4.99 Å². The Balaban J connectivity index is 1.95. The van der Waals surface area contributed by atoms with E-state index in [9.17, 15) is 4.39 Å². The second kappa shape index (κ2) is 7.64. The van der Waals surface area contributed by atoms with E-state index in [1.165, 1.54) is 12.1 Å². The number of aliphatic imine (C=N–C) groups is 1. The number of phenols is 1. The van der Waals surface area contributed by atoms with Gasteiger partial charge in [0.15, 0.2) is 17.5 Å². The van der Waals surface area contributed by atoms with Crippen molar-refractivity contribution in [3.8, 4) is 5.75 Å². The molecule has 0 amide bonds. The minimum atomic E-state index is -0.616. The SMILES string of the molecule is CCNC(=NCc1ccsc1)NCc1ccc(O)c(F)c1. The van der Waals surface area contributed by atoms with Crippen molar-refractivity contribution in [3.05, 3.63) is 52.0 Å². The first-order valence-corrected chi connectivity index (χ1v) is 7.64. The van der Waals surface area contributed by atoms with Crippen molar-refractivity contribution in [1.82, 2.24) is 10.6 Å². The average Bonchev–Trinajstić information content (AvgIpc) is 2.99. The van der Waals surface area contributed by atoms with Crippen LogP contribution in [0.15, 0.2) is 40.0 Å². The molecule has 3 N–H and O–H groups in total. The molecule has 0 aliphatic carbocycles. The van der Waals surface area contributed by atoms with E-state index in [0.29, 0.717) is 19.0 Å². The first-order chi connectivity index (χ1) is 10.2. The lowest BCUT2D eigenvalue weighted by Crippen LogP contribution is -2.36. The van der Waals surface area contributed by atoms with Crippen molar-refractivity contribution in [2.75, 3.05) is 6.54 Å². The van der Waals surface area contributed by atoms with E-state index in [2.05, 4.69) is 21.0 Å². The van der Waals surface area contributed by atoms with E-state index < -0.39 is 5.82 Å². The van der Waals surface area contributed by atoms with Gasteiger partial charge in [-0.25, -0.2) is 9.38 Å². The minimum absolute atomic E-state index is 0.336. The summed E-state index contributed by atoms with van der Waals surface area (Å²) in [5.41, 5.74) is 1.90. The monoisotopic (exact) mass is 307 g/mol. The number of nitrogens with zero attached hydrogens (tertiary/aromatic N) is 1. The van der Waals surface area contributed by atoms with Gasteiger partial charge >= 0.3 is 0 Å². The summed E-state index contributed by atoms with van der Waals surface area (Å²) in [6.07, 6.45) is 0. The van der Waals surface area contributed by atoms with Crippen LogP contribution in [0.3, 0.4) is 0 Å². The predicted octanol–water partition coefficient (Wildman–Crippen LogP) is 2.85. The molecule has 0 aliphatic heterocycles. The maximum Gasteiger partial charge on any atom is 0.191 e. The number of hydrogen-bond acceptors (Lipinski definition) is 3. The number of rotatable bonds is 5. The van der Waals surface area contributed by atoms with E-state index in [0.717, 1.165) is 17.7 Å². The minimum Gasteiger partial charge on any atom is -0.505 e. The number of aromatic hydroxyl groups is 1. The van der Waals surface area contributed by atoms with Crippen LogP contribution in [0, 0.1) is 5.82 Å². The molecule has 21 heavy (non-hydrogen) atoms. The fourth-order valence-corrected chi connectivity index (χ4v) is 2.40. The third kappa shape index (κ3) is 4.75. The molecule has 0 saturated carbocycles. The number of halogens is 1. The summed E-state index contributed by atoms with van der Waals surface area (Å²) in [7, 11) is 0. The van der Waals surface area contributed by atoms with E-state index in [-0.39, 0.29) is 5.75 Å². The molecule has 0 fully saturated rings. The zero-order valence-electron chi connectivity index (χ0n) is 11.8. The van der Waals surface area contributed by atoms with E-state index in [4.69, 9.17) is 5.11 Å². The van der Waals surface area contributed by atoms with Crippen LogP contribution in [0.2, 0.25) is 0 Å². The van der Waals surface area contributed by atoms with Crippen molar-refractivity contribution in [2.45, 2.75) is 20.0 Å². The largest absolute Gasteiger partial charge is 0.505 e. The molecule has 4 nitrogen and oxygen atoms in total. The van der Waals surface area contributed by atoms with Crippen LogP contribution in [0.1, 0.15) is 18.1 Å². The fourth-order valence-electron chi connectivity index (χ4n) is 1.74. The van der Waals surface area contributed by atoms with Gasteiger partial charge < -0.3 is 15.7 Å². The lowest BCUT2D eigenvalue weighted by atomic mass is 10.2. The molecule has 2 aromatic rings. The summed E-state index contributed by atoms with van der Waals surface area (Å²) in [4.78, 5) is 4.47. The van der Waals surface area contributed by atoms with E-state index >= 15 is 0 Å². The van der Waals surface area contributed by atoms with Crippen LogP contribution in [0.4, 0.5) is 4.39 Å². The molecule has 0 bridgehead atoms. The van der Waals surface area contributed by atoms with Crippen molar-refractivity contribution >= 4 is 17.3 Å². The predicted molar refractivity (Wildman–Crippen MR) is 84.0 cm³/mol. The number of phenolic OH excluding ortho intramolecular Hbond substituents is 1. The second-order valence-corrected chi connectivity index (χ2v) is 5.25. The summed E-state index contributed by atoms with van der Waals surface area (Å²) in [6.45, 7) is 3.77. The van der Waals surface area contributed by atoms with Gasteiger partial charge in [-0.15, -0.1) is 0 Å². The zero-order chi connectivity index (χ0) is 15.1. The summed E-state index contributed by atoms with van der Waals surface area (Å²) < 4.78 is 13.3. The first kappa shape index (κ1) is 15.3. The molecule has 0 aliphatic rings. The van der Waals surface area contributed by atoms with Crippen molar-refractivity contribution in [3.63, 3.8) is 0 Å². The van der Waals surface area contributed by atoms with Gasteiger partial charge in [0.05, 0.1) is 6.54 Å². The molecule has 112 valence electrons. The van der Waals surface area contributed by atoms with Crippen LogP contribution >= 0.6 is 11.3 Å². The highest BCUT2D eigenvalue weighted by Crippen LogP contribution is 2.15. The zero-order valence-corrected chi connectivity index (χ0v) is 12.6. The Morgan fingerprint density at radius 2 is 2.14 bits per heavy atom. The maximum absolute atomic E-state index is 13.3. The molecule has 0 atom stereocenters. The smallest absolute Gasteiger partial charge is 0.191 e. The number of nitrogens with one attached hydrogen (secondary N) is 2. The molecule has 2 rings (SSSR count). The highest BCUT2D eigenvalue weighted by atomic mass is 32.1. The van der Waals surface area contributed by atoms with Gasteiger partial charge in [-0.1, -0.05) is 6.07 Å². The first-order valence-electron chi connectivity index (χ1n) is 6.69. The Hall–Kier alpha value is -2.08. The van der Waals surface area contributed by atoms with Crippen molar-refractivity contribution < 1.29 is 9.50 Å². The van der Waals surface area contributed by atoms with Gasteiger partial charge in [-0.05, 0) is 47.0 Å². The Labute approximate surface area is 127 Å². The van der Waals surface area contributed by atoms with Gasteiger partial charge in [0, 0.05) is 13.1 Å².